The lowest BCUT2D eigenvalue weighted by Crippen LogP contribution is -2.26. The summed E-state index contributed by atoms with van der Waals surface area (Å²) in [7, 11) is 1.80. The van der Waals surface area contributed by atoms with Gasteiger partial charge in [-0.1, -0.05) is 44.0 Å². The molecule has 0 heterocycles. The van der Waals surface area contributed by atoms with Gasteiger partial charge in [-0.25, -0.2) is 0 Å². The summed E-state index contributed by atoms with van der Waals surface area (Å²) in [6.45, 7) is 0.567. The van der Waals surface area contributed by atoms with Gasteiger partial charge in [0.15, 0.2) is 0 Å². The molecule has 2 nitrogen and oxygen atoms in total. The van der Waals surface area contributed by atoms with Crippen LogP contribution in [-0.4, -0.2) is 17.9 Å². The molecular formula is C15H12Br3NO. The van der Waals surface area contributed by atoms with Crippen LogP contribution < -0.4 is 0 Å². The lowest BCUT2D eigenvalue weighted by molar-refractivity contribution is 0.0784. The molecule has 5 heteroatoms. The molecule has 0 saturated carbocycles. The summed E-state index contributed by atoms with van der Waals surface area (Å²) in [5.41, 5.74) is 1.73. The first kappa shape index (κ1) is 15.7. The van der Waals surface area contributed by atoms with Gasteiger partial charge in [-0.3, -0.25) is 4.79 Å². The zero-order chi connectivity index (χ0) is 14.7. The average molecular weight is 462 g/mol. The van der Waals surface area contributed by atoms with Gasteiger partial charge in [-0.05, 0) is 51.8 Å². The Hall–Kier alpha value is -0.650. The Labute approximate surface area is 143 Å². The normalized spacial score (nSPS) is 10.4. The van der Waals surface area contributed by atoms with Crippen molar-refractivity contribution in [1.82, 2.24) is 4.90 Å². The second-order valence-electron chi connectivity index (χ2n) is 4.42. The van der Waals surface area contributed by atoms with E-state index >= 15 is 0 Å². The Balaban J connectivity index is 2.18. The number of benzene rings is 2. The fourth-order valence-corrected chi connectivity index (χ4v) is 3.07. The Kier molecular flexibility index (Phi) is 5.41. The SMILES string of the molecule is CN(Cc1cccc(Br)c1)C(=O)c1cc(Br)ccc1Br. The molecule has 0 aliphatic carbocycles. The largest absolute Gasteiger partial charge is 0.337 e. The van der Waals surface area contributed by atoms with E-state index in [0.29, 0.717) is 12.1 Å². The topological polar surface area (TPSA) is 20.3 Å². The van der Waals surface area contributed by atoms with Crippen LogP contribution in [-0.2, 0) is 6.54 Å². The van der Waals surface area contributed by atoms with E-state index in [4.69, 9.17) is 0 Å². The molecule has 0 radical (unpaired) electrons. The predicted octanol–water partition coefficient (Wildman–Crippen LogP) is 5.25. The minimum atomic E-state index is -0.0156. The van der Waals surface area contributed by atoms with Crippen LogP contribution in [0, 0.1) is 0 Å². The highest BCUT2D eigenvalue weighted by atomic mass is 79.9. The maximum atomic E-state index is 12.5. The Bertz CT molecular complexity index is 643. The summed E-state index contributed by atoms with van der Waals surface area (Å²) >= 11 is 10.3. The molecule has 2 aromatic carbocycles. The Morgan fingerprint density at radius 2 is 1.75 bits per heavy atom. The van der Waals surface area contributed by atoms with E-state index in [2.05, 4.69) is 47.8 Å². The molecule has 0 atom stereocenters. The molecule has 0 aliphatic heterocycles. The van der Waals surface area contributed by atoms with Crippen molar-refractivity contribution in [3.05, 3.63) is 67.0 Å². The fourth-order valence-electron chi connectivity index (χ4n) is 1.85. The molecule has 0 aromatic heterocycles. The standard InChI is InChI=1S/C15H12Br3NO/c1-19(9-10-3-2-4-11(16)7-10)15(20)13-8-12(17)5-6-14(13)18/h2-8H,9H2,1H3. The number of nitrogens with zero attached hydrogens (tertiary/aromatic N) is 1. The van der Waals surface area contributed by atoms with E-state index in [9.17, 15) is 4.79 Å². The van der Waals surface area contributed by atoms with Crippen molar-refractivity contribution in [1.29, 1.82) is 0 Å². The molecule has 0 fully saturated rings. The molecule has 20 heavy (non-hydrogen) atoms. The number of carbonyl (C=O) groups excluding carboxylic acids is 1. The molecule has 0 N–H and O–H groups in total. The lowest BCUT2D eigenvalue weighted by atomic mass is 10.1. The van der Waals surface area contributed by atoms with Gasteiger partial charge in [0.1, 0.15) is 0 Å². The van der Waals surface area contributed by atoms with Gasteiger partial charge in [0.05, 0.1) is 5.56 Å². The maximum absolute atomic E-state index is 12.5. The molecule has 104 valence electrons. The fraction of sp³-hybridized carbons (Fsp3) is 0.133. The number of amides is 1. The van der Waals surface area contributed by atoms with Gasteiger partial charge in [0.2, 0.25) is 0 Å². The summed E-state index contributed by atoms with van der Waals surface area (Å²) in [6, 6.07) is 13.5. The van der Waals surface area contributed by atoms with Crippen LogP contribution in [0.15, 0.2) is 55.9 Å². The van der Waals surface area contributed by atoms with Crippen molar-refractivity contribution in [2.75, 3.05) is 7.05 Å². The average Bonchev–Trinajstić information content (AvgIpc) is 2.40. The summed E-state index contributed by atoms with van der Waals surface area (Å²) < 4.78 is 2.70. The first-order valence-electron chi connectivity index (χ1n) is 5.92. The molecule has 1 amide bonds. The van der Waals surface area contributed by atoms with Gasteiger partial charge in [-0.15, -0.1) is 0 Å². The highest BCUT2D eigenvalue weighted by Gasteiger charge is 2.15. The first-order chi connectivity index (χ1) is 9.47. The molecule has 0 aliphatic rings. The van der Waals surface area contributed by atoms with Crippen LogP contribution in [0.3, 0.4) is 0 Å². The van der Waals surface area contributed by atoms with E-state index in [0.717, 1.165) is 19.0 Å². The third-order valence-corrected chi connectivity index (χ3v) is 4.49. The third kappa shape index (κ3) is 3.93. The zero-order valence-electron chi connectivity index (χ0n) is 10.7. The highest BCUT2D eigenvalue weighted by Crippen LogP contribution is 2.23. The number of carbonyl (C=O) groups is 1. The summed E-state index contributed by atoms with van der Waals surface area (Å²) in [4.78, 5) is 14.2. The van der Waals surface area contributed by atoms with Crippen LogP contribution in [0.25, 0.3) is 0 Å². The monoisotopic (exact) mass is 459 g/mol. The summed E-state index contributed by atoms with van der Waals surface area (Å²) in [6.07, 6.45) is 0. The molecule has 0 bridgehead atoms. The van der Waals surface area contributed by atoms with Gasteiger partial charge in [0.25, 0.3) is 5.91 Å². The predicted molar refractivity (Wildman–Crippen MR) is 91.8 cm³/mol. The molecule has 0 unspecified atom stereocenters. The van der Waals surface area contributed by atoms with Crippen molar-refractivity contribution in [3.63, 3.8) is 0 Å². The highest BCUT2D eigenvalue weighted by molar-refractivity contribution is 9.11. The first-order valence-corrected chi connectivity index (χ1v) is 8.30. The molecule has 0 spiro atoms. The lowest BCUT2D eigenvalue weighted by Gasteiger charge is -2.18. The van der Waals surface area contributed by atoms with Crippen molar-refractivity contribution in [2.45, 2.75) is 6.54 Å². The van der Waals surface area contributed by atoms with Gasteiger partial charge in [-0.2, -0.15) is 0 Å². The minimum Gasteiger partial charge on any atom is -0.337 e. The van der Waals surface area contributed by atoms with Crippen LogP contribution in [0.2, 0.25) is 0 Å². The van der Waals surface area contributed by atoms with Crippen LogP contribution >= 0.6 is 47.8 Å². The van der Waals surface area contributed by atoms with E-state index in [-0.39, 0.29) is 5.91 Å². The second-order valence-corrected chi connectivity index (χ2v) is 7.10. The number of hydrogen-bond acceptors (Lipinski definition) is 1. The van der Waals surface area contributed by atoms with Crippen molar-refractivity contribution >= 4 is 53.7 Å². The molecule has 0 saturated heterocycles. The van der Waals surface area contributed by atoms with Crippen molar-refractivity contribution in [3.8, 4) is 0 Å². The van der Waals surface area contributed by atoms with Crippen molar-refractivity contribution < 1.29 is 4.79 Å². The Morgan fingerprint density at radius 1 is 1.05 bits per heavy atom. The van der Waals surface area contributed by atoms with Gasteiger partial charge < -0.3 is 4.90 Å². The summed E-state index contributed by atoms with van der Waals surface area (Å²) in [5.74, 6) is -0.0156. The number of hydrogen-bond donors (Lipinski definition) is 0. The van der Waals surface area contributed by atoms with E-state index < -0.39 is 0 Å². The van der Waals surface area contributed by atoms with E-state index in [1.807, 2.05) is 42.5 Å². The Morgan fingerprint density at radius 3 is 2.45 bits per heavy atom. The minimum absolute atomic E-state index is 0.0156. The second kappa shape index (κ2) is 6.87. The smallest absolute Gasteiger partial charge is 0.255 e. The number of rotatable bonds is 3. The van der Waals surface area contributed by atoms with Crippen LogP contribution in [0.5, 0.6) is 0 Å². The van der Waals surface area contributed by atoms with Crippen molar-refractivity contribution in [2.24, 2.45) is 0 Å². The molecule has 2 rings (SSSR count). The third-order valence-electron chi connectivity index (χ3n) is 2.81. The van der Waals surface area contributed by atoms with E-state index in [1.54, 1.807) is 11.9 Å². The summed E-state index contributed by atoms with van der Waals surface area (Å²) in [5, 5.41) is 0. The molecular weight excluding hydrogens is 450 g/mol. The maximum Gasteiger partial charge on any atom is 0.255 e. The van der Waals surface area contributed by atoms with Crippen LogP contribution in [0.1, 0.15) is 15.9 Å². The van der Waals surface area contributed by atoms with Crippen LogP contribution in [0.4, 0.5) is 0 Å². The molecule has 2 aromatic rings. The van der Waals surface area contributed by atoms with E-state index in [1.165, 1.54) is 0 Å². The number of halogens is 3. The quantitative estimate of drug-likeness (QED) is 0.611. The van der Waals surface area contributed by atoms with Gasteiger partial charge in [0, 0.05) is 27.0 Å². The van der Waals surface area contributed by atoms with Gasteiger partial charge >= 0.3 is 0 Å². The zero-order valence-corrected chi connectivity index (χ0v) is 15.5.